The van der Waals surface area contributed by atoms with Crippen molar-refractivity contribution in [2.75, 3.05) is 0 Å². The molecular weight excluding hydrogens is 232 g/mol. The van der Waals surface area contributed by atoms with Crippen LogP contribution in [0.1, 0.15) is 28.1 Å². The second kappa shape index (κ2) is 5.42. The Labute approximate surface area is 106 Å². The van der Waals surface area contributed by atoms with Gasteiger partial charge < -0.3 is 5.32 Å². The van der Waals surface area contributed by atoms with E-state index in [2.05, 4.69) is 29.2 Å². The van der Waals surface area contributed by atoms with Crippen molar-refractivity contribution in [3.63, 3.8) is 0 Å². The molecule has 2 heterocycles. The van der Waals surface area contributed by atoms with Crippen molar-refractivity contribution in [3.05, 3.63) is 33.5 Å². The predicted octanol–water partition coefficient (Wildman–Crippen LogP) is 2.04. The van der Waals surface area contributed by atoms with Crippen LogP contribution < -0.4 is 5.32 Å². The van der Waals surface area contributed by atoms with Crippen LogP contribution in [0.2, 0.25) is 0 Å². The van der Waals surface area contributed by atoms with Crippen LogP contribution in [0.4, 0.5) is 0 Å². The van der Waals surface area contributed by atoms with E-state index in [1.165, 1.54) is 16.1 Å². The largest absolute Gasteiger partial charge is 0.306 e. The first-order valence-electron chi connectivity index (χ1n) is 5.82. The standard InChI is InChI=1S/C12H18N4S/c1-4-11-7-14-12(17-11)8-13-5-10-6-15-16(3)9(10)2/h6-7,13H,4-5,8H2,1-3H3. The van der Waals surface area contributed by atoms with E-state index in [4.69, 9.17) is 0 Å². The molecule has 0 spiro atoms. The number of aryl methyl sites for hydroxylation is 2. The van der Waals surface area contributed by atoms with Crippen LogP contribution in [0.3, 0.4) is 0 Å². The first-order chi connectivity index (χ1) is 8.20. The number of hydrogen-bond acceptors (Lipinski definition) is 4. The number of aromatic nitrogens is 3. The summed E-state index contributed by atoms with van der Waals surface area (Å²) >= 11 is 1.78. The maximum Gasteiger partial charge on any atom is 0.107 e. The van der Waals surface area contributed by atoms with Crippen LogP contribution in [0.25, 0.3) is 0 Å². The Bertz CT molecular complexity index is 486. The molecule has 17 heavy (non-hydrogen) atoms. The van der Waals surface area contributed by atoms with E-state index in [1.807, 2.05) is 24.1 Å². The molecule has 0 bridgehead atoms. The van der Waals surface area contributed by atoms with Gasteiger partial charge in [-0.1, -0.05) is 6.92 Å². The van der Waals surface area contributed by atoms with Gasteiger partial charge in [0, 0.05) is 42.5 Å². The fourth-order valence-electron chi connectivity index (χ4n) is 1.62. The topological polar surface area (TPSA) is 42.7 Å². The molecule has 0 aromatic carbocycles. The normalized spacial score (nSPS) is 11.0. The number of nitrogens with zero attached hydrogens (tertiary/aromatic N) is 3. The van der Waals surface area contributed by atoms with E-state index in [-0.39, 0.29) is 0 Å². The van der Waals surface area contributed by atoms with E-state index >= 15 is 0 Å². The highest BCUT2D eigenvalue weighted by molar-refractivity contribution is 7.11. The predicted molar refractivity (Wildman–Crippen MR) is 70.0 cm³/mol. The molecule has 2 aromatic heterocycles. The minimum Gasteiger partial charge on any atom is -0.306 e. The summed E-state index contributed by atoms with van der Waals surface area (Å²) in [5.41, 5.74) is 2.46. The Balaban J connectivity index is 1.85. The van der Waals surface area contributed by atoms with E-state index in [0.29, 0.717) is 0 Å². The van der Waals surface area contributed by atoms with Crippen molar-refractivity contribution < 1.29 is 0 Å². The third-order valence-electron chi connectivity index (χ3n) is 2.88. The molecule has 0 atom stereocenters. The van der Waals surface area contributed by atoms with E-state index in [0.717, 1.165) is 24.5 Å². The number of rotatable bonds is 5. The van der Waals surface area contributed by atoms with Crippen LogP contribution >= 0.6 is 11.3 Å². The fourth-order valence-corrected chi connectivity index (χ4v) is 2.45. The Morgan fingerprint density at radius 3 is 2.76 bits per heavy atom. The average molecular weight is 250 g/mol. The van der Waals surface area contributed by atoms with Gasteiger partial charge in [-0.25, -0.2) is 4.98 Å². The highest BCUT2D eigenvalue weighted by atomic mass is 32.1. The van der Waals surface area contributed by atoms with Crippen molar-refractivity contribution in [1.82, 2.24) is 20.1 Å². The summed E-state index contributed by atoms with van der Waals surface area (Å²) in [6.07, 6.45) is 4.96. The molecular formula is C12H18N4S. The number of thiazole rings is 1. The van der Waals surface area contributed by atoms with Crippen LogP contribution in [0.15, 0.2) is 12.4 Å². The molecule has 0 saturated heterocycles. The molecule has 0 fully saturated rings. The molecule has 2 aromatic rings. The van der Waals surface area contributed by atoms with E-state index in [1.54, 1.807) is 11.3 Å². The Kier molecular flexibility index (Phi) is 3.91. The minimum absolute atomic E-state index is 0.832. The van der Waals surface area contributed by atoms with Gasteiger partial charge in [0.15, 0.2) is 0 Å². The van der Waals surface area contributed by atoms with Crippen LogP contribution in [0, 0.1) is 6.92 Å². The van der Waals surface area contributed by atoms with Crippen molar-refractivity contribution >= 4 is 11.3 Å². The van der Waals surface area contributed by atoms with Gasteiger partial charge in [-0.05, 0) is 13.3 Å². The lowest BCUT2D eigenvalue weighted by Gasteiger charge is -2.02. The summed E-state index contributed by atoms with van der Waals surface area (Å²) in [5.74, 6) is 0. The molecule has 0 aliphatic carbocycles. The Morgan fingerprint density at radius 2 is 2.18 bits per heavy atom. The quantitative estimate of drug-likeness (QED) is 0.883. The van der Waals surface area contributed by atoms with Gasteiger partial charge in [-0.15, -0.1) is 11.3 Å². The molecule has 0 aliphatic rings. The Hall–Kier alpha value is -1.20. The summed E-state index contributed by atoms with van der Waals surface area (Å²) in [5, 5.41) is 8.78. The number of nitrogens with one attached hydrogen (secondary N) is 1. The fraction of sp³-hybridized carbons (Fsp3) is 0.500. The molecule has 0 saturated carbocycles. The van der Waals surface area contributed by atoms with Crippen molar-refractivity contribution in [1.29, 1.82) is 0 Å². The molecule has 0 amide bonds. The van der Waals surface area contributed by atoms with Crippen molar-refractivity contribution in [2.24, 2.45) is 7.05 Å². The van der Waals surface area contributed by atoms with Crippen molar-refractivity contribution in [3.8, 4) is 0 Å². The van der Waals surface area contributed by atoms with Gasteiger partial charge in [0.05, 0.1) is 6.20 Å². The highest BCUT2D eigenvalue weighted by Crippen LogP contribution is 2.13. The van der Waals surface area contributed by atoms with Gasteiger partial charge in [-0.3, -0.25) is 4.68 Å². The van der Waals surface area contributed by atoms with Crippen LogP contribution in [0.5, 0.6) is 0 Å². The minimum atomic E-state index is 0.832. The highest BCUT2D eigenvalue weighted by Gasteiger charge is 2.04. The summed E-state index contributed by atoms with van der Waals surface area (Å²) in [6, 6.07) is 0. The number of hydrogen-bond donors (Lipinski definition) is 1. The summed E-state index contributed by atoms with van der Waals surface area (Å²) in [7, 11) is 1.97. The Morgan fingerprint density at radius 1 is 1.35 bits per heavy atom. The zero-order valence-corrected chi connectivity index (χ0v) is 11.3. The molecule has 92 valence electrons. The molecule has 5 heteroatoms. The molecule has 0 aliphatic heterocycles. The van der Waals surface area contributed by atoms with Crippen LogP contribution in [-0.2, 0) is 26.6 Å². The van der Waals surface area contributed by atoms with Crippen molar-refractivity contribution in [2.45, 2.75) is 33.4 Å². The first kappa shape index (κ1) is 12.3. The maximum absolute atomic E-state index is 4.38. The summed E-state index contributed by atoms with van der Waals surface area (Å²) < 4.78 is 1.90. The second-order valence-electron chi connectivity index (χ2n) is 4.06. The molecule has 4 nitrogen and oxygen atoms in total. The third-order valence-corrected chi connectivity index (χ3v) is 4.02. The molecule has 1 N–H and O–H groups in total. The second-order valence-corrected chi connectivity index (χ2v) is 5.26. The monoisotopic (exact) mass is 250 g/mol. The van der Waals surface area contributed by atoms with Gasteiger partial charge in [0.1, 0.15) is 5.01 Å². The lowest BCUT2D eigenvalue weighted by molar-refractivity contribution is 0.682. The summed E-state index contributed by atoms with van der Waals surface area (Å²) in [4.78, 5) is 5.73. The van der Waals surface area contributed by atoms with E-state index in [9.17, 15) is 0 Å². The summed E-state index contributed by atoms with van der Waals surface area (Å²) in [6.45, 7) is 5.92. The van der Waals surface area contributed by atoms with Gasteiger partial charge in [-0.2, -0.15) is 5.10 Å². The zero-order valence-electron chi connectivity index (χ0n) is 10.5. The third kappa shape index (κ3) is 2.92. The average Bonchev–Trinajstić information content (AvgIpc) is 2.90. The van der Waals surface area contributed by atoms with Gasteiger partial charge in [0.2, 0.25) is 0 Å². The molecule has 0 radical (unpaired) electrons. The zero-order chi connectivity index (χ0) is 12.3. The maximum atomic E-state index is 4.38. The molecule has 2 rings (SSSR count). The smallest absolute Gasteiger partial charge is 0.107 e. The van der Waals surface area contributed by atoms with Gasteiger partial charge >= 0.3 is 0 Å². The molecule has 0 unspecified atom stereocenters. The first-order valence-corrected chi connectivity index (χ1v) is 6.64. The lowest BCUT2D eigenvalue weighted by Crippen LogP contribution is -2.13. The van der Waals surface area contributed by atoms with Gasteiger partial charge in [0.25, 0.3) is 0 Å². The SMILES string of the molecule is CCc1cnc(CNCc2cnn(C)c2C)s1. The van der Waals surface area contributed by atoms with E-state index < -0.39 is 0 Å². The lowest BCUT2D eigenvalue weighted by atomic mass is 10.2. The van der Waals surface area contributed by atoms with Crippen LogP contribution in [-0.4, -0.2) is 14.8 Å².